The first-order valence-corrected chi connectivity index (χ1v) is 20.8. The van der Waals surface area contributed by atoms with E-state index in [1.54, 1.807) is 13.8 Å². The van der Waals surface area contributed by atoms with Gasteiger partial charge in [-0.2, -0.15) is 5.26 Å². The topological polar surface area (TPSA) is 288 Å². The van der Waals surface area contributed by atoms with Crippen molar-refractivity contribution < 1.29 is 38.9 Å². The number of benzene rings is 3. The fourth-order valence-electron chi connectivity index (χ4n) is 7.42. The van der Waals surface area contributed by atoms with Gasteiger partial charge >= 0.3 is 0 Å². The van der Waals surface area contributed by atoms with Crippen molar-refractivity contribution in [2.75, 3.05) is 33.3 Å². The summed E-state index contributed by atoms with van der Waals surface area (Å²) in [7, 11) is 1.33. The summed E-state index contributed by atoms with van der Waals surface area (Å²) in [5.41, 5.74) is 15.0. The normalized spacial score (nSPS) is 16.8. The van der Waals surface area contributed by atoms with Gasteiger partial charge in [-0.1, -0.05) is 51.1 Å². The molecule has 1 aromatic heterocycles. The van der Waals surface area contributed by atoms with Gasteiger partial charge in [0.15, 0.2) is 17.3 Å². The number of phenolic OH excluding ortho intramolecular Hbond substituents is 2. The van der Waals surface area contributed by atoms with Crippen LogP contribution in [0.2, 0.25) is 0 Å². The molecule has 3 aromatic carbocycles. The van der Waals surface area contributed by atoms with E-state index in [0.29, 0.717) is 22.8 Å². The van der Waals surface area contributed by atoms with Crippen LogP contribution in [0.1, 0.15) is 78.6 Å². The van der Waals surface area contributed by atoms with Crippen LogP contribution in [-0.2, 0) is 31.0 Å². The van der Waals surface area contributed by atoms with E-state index >= 15 is 0 Å². The SMILES string of the molecule is Cc1nc(-c2ccc(C(C)(C)C)cc2)nc(C)c1C(=O)N[C@@H](CCN)C(=O)N(C)[C@@H]1C(=O)N[C@@H](C)C(=O)N[C@H](C(=O)NCC#N)Cc2ccc(O)c(c2)-c2cc1cc(OCCN)c2O. The number of aryl methyl sites for hydroxylation is 2. The number of aromatic hydroxyl groups is 2. The summed E-state index contributed by atoms with van der Waals surface area (Å²) in [6.45, 7) is 10.6. The average Bonchev–Trinajstić information content (AvgIpc) is 3.24. The van der Waals surface area contributed by atoms with Gasteiger partial charge in [0.25, 0.3) is 5.91 Å². The lowest BCUT2D eigenvalue weighted by Crippen LogP contribution is -2.56. The first-order valence-electron chi connectivity index (χ1n) is 20.8. The molecule has 338 valence electrons. The number of nitriles is 1. The maximum atomic E-state index is 14.7. The standard InChI is InChI=1S/C46H56N10O8/c1-24-37(25(2)52-40(51-24)28-9-11-30(12-10-28)46(4,5)6)43(61)54-33(14-15-47)45(63)56(7)38-29-22-32(39(58)36(23-29)64-19-17-49)31-20-27(8-13-35(31)57)21-34(42(60)50-18-16-48)55-41(59)26(3)53-44(38)62/h8-13,20,22-23,26,33-34,38,57-58H,14-15,17-19,21,47,49H2,1-7H3,(H,50,60)(H,53,62)(H,54,61)(H,55,59)/t26-,33-,34-,38-/m0/s1. The largest absolute Gasteiger partial charge is 0.507 e. The Kier molecular flexibility index (Phi) is 15.3. The predicted molar refractivity (Wildman–Crippen MR) is 238 cm³/mol. The number of nitrogens with two attached hydrogens (primary N) is 2. The van der Waals surface area contributed by atoms with Crippen LogP contribution in [0.4, 0.5) is 0 Å². The summed E-state index contributed by atoms with van der Waals surface area (Å²) in [5.74, 6) is -4.17. The molecule has 0 radical (unpaired) electrons. The van der Waals surface area contributed by atoms with Crippen molar-refractivity contribution in [1.82, 2.24) is 36.1 Å². The fraction of sp³-hybridized carbons (Fsp3) is 0.391. The second-order valence-electron chi connectivity index (χ2n) is 16.7. The quantitative estimate of drug-likeness (QED) is 0.0950. The van der Waals surface area contributed by atoms with Gasteiger partial charge in [0.2, 0.25) is 23.6 Å². The van der Waals surface area contributed by atoms with Crippen LogP contribution < -0.4 is 37.5 Å². The van der Waals surface area contributed by atoms with Crippen molar-refractivity contribution in [3.05, 3.63) is 88.2 Å². The van der Waals surface area contributed by atoms with Crippen molar-refractivity contribution in [2.24, 2.45) is 11.5 Å². The molecular weight excluding hydrogens is 821 g/mol. The van der Waals surface area contributed by atoms with Crippen LogP contribution in [0.3, 0.4) is 0 Å². The maximum absolute atomic E-state index is 14.7. The molecule has 0 aliphatic carbocycles. The van der Waals surface area contributed by atoms with Crippen molar-refractivity contribution >= 4 is 29.5 Å². The molecule has 0 spiro atoms. The third-order valence-electron chi connectivity index (χ3n) is 10.9. The van der Waals surface area contributed by atoms with E-state index < -0.39 is 59.5 Å². The predicted octanol–water partition coefficient (Wildman–Crippen LogP) is 2.31. The third-order valence-corrected chi connectivity index (χ3v) is 10.9. The first kappa shape index (κ1) is 47.9. The fourth-order valence-corrected chi connectivity index (χ4v) is 7.42. The highest BCUT2D eigenvalue weighted by Crippen LogP contribution is 2.44. The Labute approximate surface area is 371 Å². The van der Waals surface area contributed by atoms with Gasteiger partial charge in [0.1, 0.15) is 43.1 Å². The van der Waals surface area contributed by atoms with Gasteiger partial charge in [-0.15, -0.1) is 0 Å². The third kappa shape index (κ3) is 10.9. The number of hydrogen-bond donors (Lipinski definition) is 8. The number of hydrogen-bond acceptors (Lipinski definition) is 13. The molecule has 4 atom stereocenters. The highest BCUT2D eigenvalue weighted by atomic mass is 16.5. The molecule has 2 heterocycles. The van der Waals surface area contributed by atoms with Crippen molar-refractivity contribution in [2.45, 2.75) is 84.0 Å². The van der Waals surface area contributed by atoms with E-state index in [4.69, 9.17) is 21.5 Å². The molecule has 5 amide bonds. The second kappa shape index (κ2) is 20.4. The summed E-state index contributed by atoms with van der Waals surface area (Å²) in [6, 6.07) is 11.4. The van der Waals surface area contributed by atoms with Crippen LogP contribution in [0.5, 0.6) is 17.2 Å². The van der Waals surface area contributed by atoms with Gasteiger partial charge in [-0.3, -0.25) is 24.0 Å². The number of carbonyl (C=O) groups excluding carboxylic acids is 5. The zero-order valence-corrected chi connectivity index (χ0v) is 37.0. The maximum Gasteiger partial charge on any atom is 0.255 e. The first-order chi connectivity index (χ1) is 30.3. The number of nitrogens with zero attached hydrogens (tertiary/aromatic N) is 4. The summed E-state index contributed by atoms with van der Waals surface area (Å²) in [5, 5.41) is 42.3. The number of likely N-dealkylation sites (N-methyl/N-ethyl adjacent to an activating group) is 1. The molecule has 5 rings (SSSR count). The summed E-state index contributed by atoms with van der Waals surface area (Å²) >= 11 is 0. The molecule has 10 N–H and O–H groups in total. The molecule has 0 unspecified atom stereocenters. The van der Waals surface area contributed by atoms with Gasteiger partial charge in [-0.25, -0.2) is 9.97 Å². The van der Waals surface area contributed by atoms with Gasteiger partial charge in [-0.05, 0) is 80.1 Å². The monoisotopic (exact) mass is 876 g/mol. The lowest BCUT2D eigenvalue weighted by Gasteiger charge is -2.33. The van der Waals surface area contributed by atoms with Crippen LogP contribution in [0.15, 0.2) is 54.6 Å². The number of amides is 5. The zero-order chi connectivity index (χ0) is 47.0. The van der Waals surface area contributed by atoms with E-state index in [-0.39, 0.29) is 78.3 Å². The Morgan fingerprint density at radius 2 is 1.64 bits per heavy atom. The molecule has 4 aromatic rings. The van der Waals surface area contributed by atoms with Gasteiger partial charge in [0.05, 0.1) is 23.0 Å². The highest BCUT2D eigenvalue weighted by Gasteiger charge is 2.37. The number of fused-ring (bicyclic) bond motifs is 5. The lowest BCUT2D eigenvalue weighted by atomic mass is 9.86. The van der Waals surface area contributed by atoms with Gasteiger partial charge in [0, 0.05) is 36.7 Å². The van der Waals surface area contributed by atoms with Crippen LogP contribution in [0, 0.1) is 25.2 Å². The second-order valence-corrected chi connectivity index (χ2v) is 16.7. The average molecular weight is 877 g/mol. The molecule has 18 heteroatoms. The minimum absolute atomic E-state index is 0.00602. The minimum atomic E-state index is -1.57. The van der Waals surface area contributed by atoms with E-state index in [1.165, 1.54) is 44.3 Å². The smallest absolute Gasteiger partial charge is 0.255 e. The molecular formula is C46H56N10O8. The lowest BCUT2D eigenvalue weighted by molar-refractivity contribution is -0.141. The summed E-state index contributed by atoms with van der Waals surface area (Å²) < 4.78 is 5.82. The Morgan fingerprint density at radius 3 is 2.25 bits per heavy atom. The molecule has 18 nitrogen and oxygen atoms in total. The van der Waals surface area contributed by atoms with Gasteiger partial charge < -0.3 is 52.6 Å². The summed E-state index contributed by atoms with van der Waals surface area (Å²) in [4.78, 5) is 80.4. The zero-order valence-electron chi connectivity index (χ0n) is 37.0. The van der Waals surface area contributed by atoms with E-state index in [1.807, 2.05) is 30.3 Å². The Morgan fingerprint density at radius 1 is 0.969 bits per heavy atom. The van der Waals surface area contributed by atoms with E-state index in [0.717, 1.165) is 16.0 Å². The molecule has 0 saturated heterocycles. The summed E-state index contributed by atoms with van der Waals surface area (Å²) in [6.07, 6.45) is -0.163. The highest BCUT2D eigenvalue weighted by molar-refractivity contribution is 6.00. The molecule has 64 heavy (non-hydrogen) atoms. The molecule has 1 aliphatic rings. The Bertz CT molecular complexity index is 2440. The van der Waals surface area contributed by atoms with Crippen LogP contribution >= 0.6 is 0 Å². The number of aromatic nitrogens is 2. The van der Waals surface area contributed by atoms with Crippen LogP contribution in [-0.4, -0.2) is 106 Å². The Balaban J connectivity index is 1.56. The van der Waals surface area contributed by atoms with E-state index in [2.05, 4.69) is 52.0 Å². The van der Waals surface area contributed by atoms with Crippen LogP contribution in [0.25, 0.3) is 22.5 Å². The number of carbonyl (C=O) groups is 5. The molecule has 0 fully saturated rings. The molecule has 4 bridgehead atoms. The molecule has 1 aliphatic heterocycles. The van der Waals surface area contributed by atoms with Crippen molar-refractivity contribution in [1.29, 1.82) is 5.26 Å². The number of rotatable bonds is 12. The minimum Gasteiger partial charge on any atom is -0.507 e. The Hall–Kier alpha value is -7.10. The number of ether oxygens (including phenoxy) is 1. The van der Waals surface area contributed by atoms with Crippen molar-refractivity contribution in [3.63, 3.8) is 0 Å². The number of nitrogens with one attached hydrogen (secondary N) is 4. The van der Waals surface area contributed by atoms with Crippen molar-refractivity contribution in [3.8, 4) is 45.8 Å². The van der Waals surface area contributed by atoms with E-state index in [9.17, 15) is 34.2 Å². The molecule has 0 saturated carbocycles. The number of phenols is 2.